The van der Waals surface area contributed by atoms with Crippen molar-refractivity contribution in [2.24, 2.45) is 5.73 Å². The van der Waals surface area contributed by atoms with E-state index < -0.39 is 5.60 Å². The quantitative estimate of drug-likeness (QED) is 0.872. The van der Waals surface area contributed by atoms with Crippen molar-refractivity contribution in [3.63, 3.8) is 0 Å². The molecule has 0 spiro atoms. The number of amides is 1. The van der Waals surface area contributed by atoms with Crippen LogP contribution >= 0.6 is 0 Å². The molecule has 0 aromatic heterocycles. The van der Waals surface area contributed by atoms with Crippen LogP contribution in [0.25, 0.3) is 0 Å². The molecule has 1 aliphatic rings. The third-order valence-electron chi connectivity index (χ3n) is 3.72. The highest BCUT2D eigenvalue weighted by Gasteiger charge is 2.42. The topological polar surface area (TPSA) is 52.3 Å². The van der Waals surface area contributed by atoms with Gasteiger partial charge in [-0.05, 0) is 56.7 Å². The summed E-state index contributed by atoms with van der Waals surface area (Å²) in [7, 11) is 0. The van der Waals surface area contributed by atoms with E-state index in [-0.39, 0.29) is 5.91 Å². The highest BCUT2D eigenvalue weighted by Crippen LogP contribution is 2.35. The molecule has 1 aromatic rings. The summed E-state index contributed by atoms with van der Waals surface area (Å²) < 4.78 is 5.96. The molecule has 1 fully saturated rings. The van der Waals surface area contributed by atoms with Gasteiger partial charge in [0.25, 0.3) is 5.91 Å². The maximum Gasteiger partial charge on any atom is 0.261 e. The molecule has 2 rings (SSSR count). The molecule has 3 nitrogen and oxygen atoms in total. The summed E-state index contributed by atoms with van der Waals surface area (Å²) in [6.45, 7) is 4.04. The molecule has 0 saturated heterocycles. The number of ether oxygens (including phenoxy) is 1. The second kappa shape index (κ2) is 4.40. The first-order chi connectivity index (χ1) is 8.05. The summed E-state index contributed by atoms with van der Waals surface area (Å²) in [5.41, 5.74) is 6.98. The molecule has 92 valence electrons. The summed E-state index contributed by atoms with van der Waals surface area (Å²) in [6.07, 6.45) is 3.48. The van der Waals surface area contributed by atoms with Crippen molar-refractivity contribution in [3.05, 3.63) is 29.3 Å². The van der Waals surface area contributed by atoms with Gasteiger partial charge in [0.1, 0.15) is 5.75 Å². The van der Waals surface area contributed by atoms with E-state index in [2.05, 4.69) is 0 Å². The Morgan fingerprint density at radius 2 is 1.94 bits per heavy atom. The lowest BCUT2D eigenvalue weighted by Crippen LogP contribution is -2.46. The van der Waals surface area contributed by atoms with Gasteiger partial charge in [-0.3, -0.25) is 4.79 Å². The van der Waals surface area contributed by atoms with E-state index >= 15 is 0 Å². The molecule has 0 aliphatic heterocycles. The number of aryl methyl sites for hydroxylation is 1. The van der Waals surface area contributed by atoms with Crippen molar-refractivity contribution in [1.82, 2.24) is 0 Å². The first-order valence-electron chi connectivity index (χ1n) is 6.10. The summed E-state index contributed by atoms with van der Waals surface area (Å²) in [6, 6.07) is 5.89. The number of rotatable bonds is 3. The van der Waals surface area contributed by atoms with Gasteiger partial charge in [-0.2, -0.15) is 0 Å². The van der Waals surface area contributed by atoms with E-state index in [1.807, 2.05) is 32.0 Å². The second-order valence-electron chi connectivity index (χ2n) is 4.87. The van der Waals surface area contributed by atoms with Gasteiger partial charge >= 0.3 is 0 Å². The normalized spacial score (nSPS) is 18.0. The maximum absolute atomic E-state index is 11.6. The van der Waals surface area contributed by atoms with Crippen molar-refractivity contribution < 1.29 is 9.53 Å². The molecule has 3 heteroatoms. The largest absolute Gasteiger partial charge is 0.477 e. The van der Waals surface area contributed by atoms with Crippen LogP contribution in [0.4, 0.5) is 0 Å². The van der Waals surface area contributed by atoms with Crippen LogP contribution in [0.2, 0.25) is 0 Å². The van der Waals surface area contributed by atoms with Crippen molar-refractivity contribution in [2.45, 2.75) is 45.1 Å². The zero-order valence-electron chi connectivity index (χ0n) is 10.5. The summed E-state index contributed by atoms with van der Waals surface area (Å²) in [5.74, 6) is 0.446. The lowest BCUT2D eigenvalue weighted by molar-refractivity contribution is -0.133. The fourth-order valence-corrected chi connectivity index (χ4v) is 2.39. The number of benzene rings is 1. The number of hydrogen-bond donors (Lipinski definition) is 1. The molecule has 17 heavy (non-hydrogen) atoms. The number of carbonyl (C=O) groups is 1. The van der Waals surface area contributed by atoms with Crippen LogP contribution in [0.15, 0.2) is 18.2 Å². The third-order valence-corrected chi connectivity index (χ3v) is 3.72. The van der Waals surface area contributed by atoms with Gasteiger partial charge in [0.05, 0.1) is 0 Å². The molecule has 1 amide bonds. The minimum absolute atomic E-state index is 0.337. The Hall–Kier alpha value is -1.51. The van der Waals surface area contributed by atoms with Gasteiger partial charge in [-0.15, -0.1) is 0 Å². The van der Waals surface area contributed by atoms with Crippen LogP contribution in [0.5, 0.6) is 5.75 Å². The molecule has 1 aromatic carbocycles. The van der Waals surface area contributed by atoms with Crippen LogP contribution in [-0.4, -0.2) is 11.5 Å². The Morgan fingerprint density at radius 1 is 1.29 bits per heavy atom. The molecule has 1 saturated carbocycles. The van der Waals surface area contributed by atoms with Crippen molar-refractivity contribution in [2.75, 3.05) is 0 Å². The zero-order valence-corrected chi connectivity index (χ0v) is 10.5. The molecule has 0 bridgehead atoms. The maximum atomic E-state index is 11.6. The smallest absolute Gasteiger partial charge is 0.261 e. The number of nitrogens with two attached hydrogens (primary N) is 1. The molecule has 0 atom stereocenters. The van der Waals surface area contributed by atoms with Gasteiger partial charge < -0.3 is 10.5 Å². The van der Waals surface area contributed by atoms with Gasteiger partial charge in [0.15, 0.2) is 5.60 Å². The van der Waals surface area contributed by atoms with E-state index in [0.29, 0.717) is 0 Å². The summed E-state index contributed by atoms with van der Waals surface area (Å²) in [5, 5.41) is 0. The van der Waals surface area contributed by atoms with Crippen LogP contribution < -0.4 is 10.5 Å². The summed E-state index contributed by atoms with van der Waals surface area (Å²) in [4.78, 5) is 11.6. The van der Waals surface area contributed by atoms with E-state index in [9.17, 15) is 4.79 Å². The second-order valence-corrected chi connectivity index (χ2v) is 4.87. The predicted octanol–water partition coefficient (Wildman–Crippen LogP) is 2.48. The van der Waals surface area contributed by atoms with Crippen LogP contribution in [0, 0.1) is 13.8 Å². The Labute approximate surface area is 102 Å². The predicted molar refractivity (Wildman–Crippen MR) is 66.9 cm³/mol. The first kappa shape index (κ1) is 12.0. The molecule has 0 heterocycles. The zero-order chi connectivity index (χ0) is 12.5. The number of carbonyl (C=O) groups excluding carboxylic acids is 1. The standard InChI is InChI=1S/C14H19NO2/c1-10-6-5-7-12(11(10)2)17-14(13(15)16)8-3-4-9-14/h5-7H,3-4,8-9H2,1-2H3,(H2,15,16). The molecule has 0 radical (unpaired) electrons. The minimum Gasteiger partial charge on any atom is -0.477 e. The van der Waals surface area contributed by atoms with Crippen LogP contribution in [0.3, 0.4) is 0 Å². The van der Waals surface area contributed by atoms with Gasteiger partial charge in [0.2, 0.25) is 0 Å². The monoisotopic (exact) mass is 233 g/mol. The average molecular weight is 233 g/mol. The lowest BCUT2D eigenvalue weighted by Gasteiger charge is -2.27. The fraction of sp³-hybridized carbons (Fsp3) is 0.500. The molecule has 1 aliphatic carbocycles. The molecular formula is C14H19NO2. The average Bonchev–Trinajstić information content (AvgIpc) is 2.75. The first-order valence-corrected chi connectivity index (χ1v) is 6.10. The SMILES string of the molecule is Cc1cccc(OC2(C(N)=O)CCCC2)c1C. The van der Waals surface area contributed by atoms with E-state index in [1.165, 1.54) is 5.56 Å². The molecular weight excluding hydrogens is 214 g/mol. The van der Waals surface area contributed by atoms with Crippen molar-refractivity contribution >= 4 is 5.91 Å². The minimum atomic E-state index is -0.779. The highest BCUT2D eigenvalue weighted by atomic mass is 16.5. The molecule has 2 N–H and O–H groups in total. The highest BCUT2D eigenvalue weighted by molar-refractivity contribution is 5.84. The van der Waals surface area contributed by atoms with E-state index in [4.69, 9.17) is 10.5 Å². The van der Waals surface area contributed by atoms with Gasteiger partial charge in [-0.1, -0.05) is 12.1 Å². The number of primary amides is 1. The fourth-order valence-electron chi connectivity index (χ4n) is 2.39. The Kier molecular flexibility index (Phi) is 3.09. The number of hydrogen-bond acceptors (Lipinski definition) is 2. The van der Waals surface area contributed by atoms with Crippen LogP contribution in [0.1, 0.15) is 36.8 Å². The van der Waals surface area contributed by atoms with Crippen LogP contribution in [-0.2, 0) is 4.79 Å². The summed E-state index contributed by atoms with van der Waals surface area (Å²) >= 11 is 0. The van der Waals surface area contributed by atoms with Crippen molar-refractivity contribution in [3.8, 4) is 5.75 Å². The van der Waals surface area contributed by atoms with E-state index in [0.717, 1.165) is 37.0 Å². The third kappa shape index (κ3) is 2.14. The van der Waals surface area contributed by atoms with E-state index in [1.54, 1.807) is 0 Å². The Bertz CT molecular complexity index is 434. The van der Waals surface area contributed by atoms with Crippen molar-refractivity contribution in [1.29, 1.82) is 0 Å². The van der Waals surface area contributed by atoms with Gasteiger partial charge in [-0.25, -0.2) is 0 Å². The molecule has 0 unspecified atom stereocenters. The Morgan fingerprint density at radius 3 is 2.53 bits per heavy atom. The lowest BCUT2D eigenvalue weighted by atomic mass is 10.0. The van der Waals surface area contributed by atoms with Gasteiger partial charge in [0, 0.05) is 0 Å². The Balaban J connectivity index is 2.30.